The molecule has 0 saturated carbocycles. The van der Waals surface area contributed by atoms with Crippen LogP contribution in [0.1, 0.15) is 9.80 Å². The number of rotatable bonds is 2. The fourth-order valence-corrected chi connectivity index (χ4v) is 3.28. The van der Waals surface area contributed by atoms with E-state index in [0.29, 0.717) is 47.1 Å². The first-order chi connectivity index (χ1) is 10.2. The summed E-state index contributed by atoms with van der Waals surface area (Å²) in [5.74, 6) is -0.0623. The van der Waals surface area contributed by atoms with Crippen LogP contribution in [0.5, 0.6) is 0 Å². The fourth-order valence-electron chi connectivity index (χ4n) is 2.10. The predicted molar refractivity (Wildman–Crippen MR) is 84.3 cm³/mol. The molecule has 1 aliphatic heterocycles. The fraction of sp³-hybridized carbons (Fsp3) is 0.286. The van der Waals surface area contributed by atoms with E-state index >= 15 is 0 Å². The number of thiazole rings is 1. The van der Waals surface area contributed by atoms with E-state index in [0.717, 1.165) is 5.56 Å². The summed E-state index contributed by atoms with van der Waals surface area (Å²) in [6.07, 6.45) is 0. The second-order valence-electron chi connectivity index (χ2n) is 4.54. The van der Waals surface area contributed by atoms with Crippen molar-refractivity contribution in [3.63, 3.8) is 0 Å². The van der Waals surface area contributed by atoms with Gasteiger partial charge in [0.25, 0.3) is 5.91 Å². The first-order valence-electron chi connectivity index (χ1n) is 6.44. The van der Waals surface area contributed by atoms with Crippen molar-refractivity contribution in [1.29, 1.82) is 0 Å². The minimum atomic E-state index is -0.0623. The van der Waals surface area contributed by atoms with Crippen molar-refractivity contribution in [1.82, 2.24) is 9.88 Å². The van der Waals surface area contributed by atoms with E-state index in [-0.39, 0.29) is 5.91 Å². The highest BCUT2D eigenvalue weighted by Gasteiger charge is 2.22. The van der Waals surface area contributed by atoms with Gasteiger partial charge >= 0.3 is 0 Å². The standard InChI is InChI=1S/C14H12Cl2N2O2S/c15-10-3-1-2-9(12(10)16)11-8-21-13(17-11)14(19)18-4-6-20-7-5-18/h1-3,8H,4-7H2. The van der Waals surface area contributed by atoms with Crippen molar-refractivity contribution in [2.24, 2.45) is 0 Å². The Morgan fingerprint density at radius 3 is 2.81 bits per heavy atom. The second kappa shape index (κ2) is 6.32. The number of nitrogens with zero attached hydrogens (tertiary/aromatic N) is 2. The molecule has 0 N–H and O–H groups in total. The van der Waals surface area contributed by atoms with E-state index < -0.39 is 0 Å². The van der Waals surface area contributed by atoms with Crippen molar-refractivity contribution in [3.8, 4) is 11.3 Å². The molecule has 7 heteroatoms. The molecule has 1 aliphatic rings. The molecule has 0 unspecified atom stereocenters. The molecule has 21 heavy (non-hydrogen) atoms. The van der Waals surface area contributed by atoms with Crippen molar-refractivity contribution >= 4 is 40.4 Å². The Bertz CT molecular complexity index is 669. The first-order valence-corrected chi connectivity index (χ1v) is 8.07. The van der Waals surface area contributed by atoms with Crippen LogP contribution in [-0.4, -0.2) is 42.1 Å². The Hall–Kier alpha value is -1.14. The Labute approximate surface area is 136 Å². The highest BCUT2D eigenvalue weighted by molar-refractivity contribution is 7.12. The molecule has 2 aromatic rings. The lowest BCUT2D eigenvalue weighted by Gasteiger charge is -2.25. The number of amides is 1. The Balaban J connectivity index is 1.86. The van der Waals surface area contributed by atoms with Crippen LogP contribution < -0.4 is 0 Å². The molecule has 1 saturated heterocycles. The quantitative estimate of drug-likeness (QED) is 0.837. The van der Waals surface area contributed by atoms with Gasteiger partial charge in [0, 0.05) is 24.0 Å². The van der Waals surface area contributed by atoms with E-state index in [1.165, 1.54) is 11.3 Å². The Morgan fingerprint density at radius 2 is 2.05 bits per heavy atom. The van der Waals surface area contributed by atoms with Gasteiger partial charge in [-0.15, -0.1) is 11.3 Å². The van der Waals surface area contributed by atoms with Crippen LogP contribution in [0.2, 0.25) is 10.0 Å². The van der Waals surface area contributed by atoms with Crippen LogP contribution in [0.4, 0.5) is 0 Å². The molecule has 0 atom stereocenters. The number of halogens is 2. The maximum atomic E-state index is 12.4. The molecule has 4 nitrogen and oxygen atoms in total. The molecule has 1 aromatic heterocycles. The van der Waals surface area contributed by atoms with Gasteiger partial charge in [0.1, 0.15) is 0 Å². The minimum Gasteiger partial charge on any atom is -0.378 e. The molecule has 1 amide bonds. The normalized spacial score (nSPS) is 15.2. The number of carbonyl (C=O) groups is 1. The minimum absolute atomic E-state index is 0.0623. The van der Waals surface area contributed by atoms with Crippen molar-refractivity contribution < 1.29 is 9.53 Å². The predicted octanol–water partition coefficient (Wildman–Crippen LogP) is 3.59. The summed E-state index contributed by atoms with van der Waals surface area (Å²) in [4.78, 5) is 18.5. The van der Waals surface area contributed by atoms with E-state index in [4.69, 9.17) is 27.9 Å². The van der Waals surface area contributed by atoms with Crippen molar-refractivity contribution in [3.05, 3.63) is 38.6 Å². The number of benzene rings is 1. The number of hydrogen-bond acceptors (Lipinski definition) is 4. The van der Waals surface area contributed by atoms with Gasteiger partial charge in [-0.25, -0.2) is 4.98 Å². The molecular weight excluding hydrogens is 331 g/mol. The van der Waals surface area contributed by atoms with Gasteiger partial charge in [-0.1, -0.05) is 35.3 Å². The summed E-state index contributed by atoms with van der Waals surface area (Å²) in [7, 11) is 0. The maximum absolute atomic E-state index is 12.4. The summed E-state index contributed by atoms with van der Waals surface area (Å²) >= 11 is 13.5. The largest absolute Gasteiger partial charge is 0.378 e. The van der Waals surface area contributed by atoms with Crippen molar-refractivity contribution in [2.75, 3.05) is 26.3 Å². The average molecular weight is 343 g/mol. The summed E-state index contributed by atoms with van der Waals surface area (Å²) in [6.45, 7) is 2.35. The molecule has 1 aromatic carbocycles. The highest BCUT2D eigenvalue weighted by atomic mass is 35.5. The van der Waals surface area contributed by atoms with Crippen LogP contribution in [0.15, 0.2) is 23.6 Å². The lowest BCUT2D eigenvalue weighted by atomic mass is 10.2. The van der Waals surface area contributed by atoms with Crippen LogP contribution in [0.25, 0.3) is 11.3 Å². The van der Waals surface area contributed by atoms with Gasteiger partial charge in [-0.2, -0.15) is 0 Å². The summed E-state index contributed by atoms with van der Waals surface area (Å²) in [5.41, 5.74) is 1.41. The zero-order valence-corrected chi connectivity index (χ0v) is 13.3. The molecule has 0 radical (unpaired) electrons. The van der Waals surface area contributed by atoms with E-state index in [1.54, 1.807) is 11.0 Å². The topological polar surface area (TPSA) is 42.4 Å². The summed E-state index contributed by atoms with van der Waals surface area (Å²) < 4.78 is 5.25. The molecule has 1 fully saturated rings. The molecule has 3 rings (SSSR count). The lowest BCUT2D eigenvalue weighted by Crippen LogP contribution is -2.40. The van der Waals surface area contributed by atoms with Crippen LogP contribution >= 0.6 is 34.5 Å². The van der Waals surface area contributed by atoms with Crippen molar-refractivity contribution in [2.45, 2.75) is 0 Å². The van der Waals surface area contributed by atoms with Gasteiger partial charge < -0.3 is 9.64 Å². The lowest BCUT2D eigenvalue weighted by molar-refractivity contribution is 0.0303. The number of morpholine rings is 1. The number of ether oxygens (including phenoxy) is 1. The number of hydrogen-bond donors (Lipinski definition) is 0. The number of carbonyl (C=O) groups excluding carboxylic acids is 1. The summed E-state index contributed by atoms with van der Waals surface area (Å²) in [5, 5.41) is 3.21. The van der Waals surface area contributed by atoms with Crippen LogP contribution in [-0.2, 0) is 4.74 Å². The van der Waals surface area contributed by atoms with Gasteiger partial charge in [-0.3, -0.25) is 4.79 Å². The van der Waals surface area contributed by atoms with E-state index in [2.05, 4.69) is 4.98 Å². The molecule has 0 spiro atoms. The third-order valence-electron chi connectivity index (χ3n) is 3.21. The average Bonchev–Trinajstić information content (AvgIpc) is 3.00. The molecular formula is C14H12Cl2N2O2S. The SMILES string of the molecule is O=C(c1nc(-c2cccc(Cl)c2Cl)cs1)N1CCOCC1. The van der Waals surface area contributed by atoms with Gasteiger partial charge in [-0.05, 0) is 6.07 Å². The van der Waals surface area contributed by atoms with Gasteiger partial charge in [0.2, 0.25) is 0 Å². The zero-order valence-electron chi connectivity index (χ0n) is 11.0. The second-order valence-corrected chi connectivity index (χ2v) is 6.19. The van der Waals surface area contributed by atoms with E-state index in [9.17, 15) is 4.79 Å². The smallest absolute Gasteiger partial charge is 0.283 e. The molecule has 110 valence electrons. The Kier molecular flexibility index (Phi) is 4.45. The summed E-state index contributed by atoms with van der Waals surface area (Å²) in [6, 6.07) is 5.37. The third-order valence-corrected chi connectivity index (χ3v) is 4.86. The van der Waals surface area contributed by atoms with Crippen LogP contribution in [0, 0.1) is 0 Å². The van der Waals surface area contributed by atoms with Gasteiger partial charge in [0.05, 0.1) is 29.0 Å². The molecule has 2 heterocycles. The third kappa shape index (κ3) is 3.06. The van der Waals surface area contributed by atoms with E-state index in [1.807, 2.05) is 17.5 Å². The van der Waals surface area contributed by atoms with Crippen LogP contribution in [0.3, 0.4) is 0 Å². The first kappa shape index (κ1) is 14.8. The Morgan fingerprint density at radius 1 is 1.29 bits per heavy atom. The molecule has 0 aliphatic carbocycles. The monoisotopic (exact) mass is 342 g/mol. The molecule has 0 bridgehead atoms. The maximum Gasteiger partial charge on any atom is 0.283 e. The zero-order chi connectivity index (χ0) is 14.8. The highest BCUT2D eigenvalue weighted by Crippen LogP contribution is 2.34. The van der Waals surface area contributed by atoms with Gasteiger partial charge in [0.15, 0.2) is 5.01 Å². The number of aromatic nitrogens is 1.